The van der Waals surface area contributed by atoms with Crippen molar-refractivity contribution in [2.75, 3.05) is 26.2 Å². The molecule has 1 unspecified atom stereocenters. The third-order valence-corrected chi connectivity index (χ3v) is 12.7. The molecular formula is C51H77N17O8. The second-order valence-corrected chi connectivity index (χ2v) is 19.0. The fourth-order valence-corrected chi connectivity index (χ4v) is 8.66. The first-order valence-corrected chi connectivity index (χ1v) is 25.4. The minimum absolute atomic E-state index is 0.00154. The second kappa shape index (κ2) is 30.2. The fourth-order valence-electron chi connectivity index (χ4n) is 8.66. The summed E-state index contributed by atoms with van der Waals surface area (Å²) in [7, 11) is 0. The molecule has 0 bridgehead atoms. The molecule has 1 aliphatic heterocycles. The van der Waals surface area contributed by atoms with Gasteiger partial charge in [-0.05, 0) is 94.5 Å². The highest BCUT2D eigenvalue weighted by Gasteiger charge is 2.35. The van der Waals surface area contributed by atoms with Crippen molar-refractivity contribution in [3.05, 3.63) is 83.2 Å². The standard InChI is InChI=1S/C51H77N17O8/c1-28-15-16-32(29(2)24-28)25-41-49(76)64-38(14-9-23-60-51(56)57)45(72)68-42(26-33-27-61-36-11-6-5-10-34(33)36)48(75)63-35(30(3)53)12-7-21-58-43(70)18-17-39(46(73)66-40(19-20-52)47(74)67-41)65-44(71)37(62-31(4)69)13-8-22-59-50(54)55/h5-6,10-11,15-16,24,27,35,37-42,61H,3,7-9,12-14,17-23,25-26,52-53H2,1-2,4H3,(H,58,70)(H,62,69)(H,63,75)(H,64,76)(H,65,71)(H,66,73)(H,67,74)(H,68,72)(H4,54,55,59)(H4,56,57,60)/t35?,37-,38-,39-,40-,41+,42-/m0/s1. The molecule has 76 heavy (non-hydrogen) atoms. The Morgan fingerprint density at radius 1 is 0.750 bits per heavy atom. The molecule has 1 saturated heterocycles. The number of para-hydroxylation sites is 1. The number of hydrogen-bond donors (Lipinski definition) is 17. The van der Waals surface area contributed by atoms with E-state index < -0.39 is 89.6 Å². The largest absolute Gasteiger partial charge is 0.401 e. The van der Waals surface area contributed by atoms with Crippen LogP contribution in [0.5, 0.6) is 0 Å². The van der Waals surface area contributed by atoms with Crippen LogP contribution in [0.15, 0.2) is 60.9 Å². The first kappa shape index (κ1) is 60.3. The van der Waals surface area contributed by atoms with Gasteiger partial charge in [0.1, 0.15) is 36.3 Å². The summed E-state index contributed by atoms with van der Waals surface area (Å²) in [6, 6.07) is 4.24. The zero-order valence-corrected chi connectivity index (χ0v) is 43.5. The minimum Gasteiger partial charge on any atom is -0.401 e. The van der Waals surface area contributed by atoms with Gasteiger partial charge < -0.3 is 81.1 Å². The molecule has 2 heterocycles. The van der Waals surface area contributed by atoms with Gasteiger partial charge in [-0.15, -0.1) is 0 Å². The molecule has 0 radical (unpaired) electrons. The molecule has 1 fully saturated rings. The molecule has 4 rings (SSSR count). The van der Waals surface area contributed by atoms with Crippen LogP contribution >= 0.6 is 0 Å². The zero-order chi connectivity index (χ0) is 55.9. The van der Waals surface area contributed by atoms with E-state index in [1.54, 1.807) is 12.3 Å². The van der Waals surface area contributed by atoms with Crippen LogP contribution in [0.1, 0.15) is 87.0 Å². The Hall–Kier alpha value is -8.22. The van der Waals surface area contributed by atoms with E-state index in [-0.39, 0.29) is 114 Å². The first-order valence-electron chi connectivity index (χ1n) is 25.4. The lowest BCUT2D eigenvalue weighted by molar-refractivity contribution is -0.135. The Morgan fingerprint density at radius 3 is 1.97 bits per heavy atom. The highest BCUT2D eigenvalue weighted by molar-refractivity contribution is 5.98. The normalized spacial score (nSPS) is 21.0. The molecule has 25 nitrogen and oxygen atoms in total. The molecule has 0 spiro atoms. The van der Waals surface area contributed by atoms with E-state index in [0.717, 1.165) is 22.0 Å². The molecule has 1 aromatic heterocycles. The van der Waals surface area contributed by atoms with Crippen molar-refractivity contribution in [1.82, 2.24) is 58.2 Å². The monoisotopic (exact) mass is 1060 g/mol. The number of carbonyl (C=O) groups is 8. The molecule has 8 amide bonds. The van der Waals surface area contributed by atoms with E-state index in [4.69, 9.17) is 33.8 Å². The number of rotatable bonds is 18. The minimum atomic E-state index is -1.44. The van der Waals surface area contributed by atoms with E-state index in [9.17, 15) is 38.4 Å². The number of aromatic nitrogens is 1. The number of amides is 8. The molecule has 0 saturated carbocycles. The number of aromatic amines is 1. The maximum atomic E-state index is 14.8. The van der Waals surface area contributed by atoms with Gasteiger partial charge in [0.2, 0.25) is 47.3 Å². The highest BCUT2D eigenvalue weighted by atomic mass is 16.2. The molecular weight excluding hydrogens is 979 g/mol. The Morgan fingerprint density at radius 2 is 1.34 bits per heavy atom. The number of hydrogen-bond acceptors (Lipinski definition) is 12. The maximum absolute atomic E-state index is 14.8. The first-order chi connectivity index (χ1) is 36.1. The fraction of sp³-hybridized carbons (Fsp3) is 0.490. The molecule has 2 aromatic carbocycles. The smallest absolute Gasteiger partial charge is 0.243 e. The van der Waals surface area contributed by atoms with Crippen molar-refractivity contribution in [1.29, 1.82) is 10.8 Å². The van der Waals surface area contributed by atoms with Gasteiger partial charge in [-0.3, -0.25) is 49.2 Å². The summed E-state index contributed by atoms with van der Waals surface area (Å²) >= 11 is 0. The topological polar surface area (TPSA) is 424 Å². The van der Waals surface area contributed by atoms with Crippen molar-refractivity contribution in [3.8, 4) is 0 Å². The van der Waals surface area contributed by atoms with Crippen molar-refractivity contribution in [2.24, 2.45) is 22.9 Å². The summed E-state index contributed by atoms with van der Waals surface area (Å²) in [5, 5.41) is 43.2. The number of nitrogens with two attached hydrogens (primary N) is 4. The number of nitrogens with one attached hydrogen (secondary N) is 13. The average Bonchev–Trinajstić information content (AvgIpc) is 3.77. The zero-order valence-electron chi connectivity index (χ0n) is 43.5. The SMILES string of the molecule is C=C(N)C1CCCNC(=O)CC[C@H](NC(=O)[C@H](CCCNC(=N)N)NC(C)=O)C(=O)N[C@@H](CCN)C(=O)N[C@H](Cc2ccc(C)cc2C)C(=O)N[C@@H](CCCNC(=N)N)C(=O)N[C@@H](Cc2c[nH]c3ccccc23)C(=O)N1. The van der Waals surface area contributed by atoms with Gasteiger partial charge in [0.25, 0.3) is 0 Å². The van der Waals surface area contributed by atoms with E-state index in [1.165, 1.54) is 6.92 Å². The third kappa shape index (κ3) is 19.9. The predicted octanol–water partition coefficient (Wildman–Crippen LogP) is -1.98. The van der Waals surface area contributed by atoms with E-state index in [1.807, 2.05) is 50.2 Å². The van der Waals surface area contributed by atoms with Gasteiger partial charge in [-0.25, -0.2) is 0 Å². The summed E-state index contributed by atoms with van der Waals surface area (Å²) in [6.07, 6.45) is 1.99. The summed E-state index contributed by atoms with van der Waals surface area (Å²) < 4.78 is 0. The van der Waals surface area contributed by atoms with Gasteiger partial charge in [0.15, 0.2) is 11.9 Å². The van der Waals surface area contributed by atoms with E-state index >= 15 is 0 Å². The van der Waals surface area contributed by atoms with Crippen LogP contribution < -0.4 is 76.1 Å². The van der Waals surface area contributed by atoms with Crippen molar-refractivity contribution in [3.63, 3.8) is 0 Å². The number of H-pyrrole nitrogens is 1. The second-order valence-electron chi connectivity index (χ2n) is 19.0. The number of benzene rings is 2. The molecule has 414 valence electrons. The summed E-state index contributed by atoms with van der Waals surface area (Å²) in [5.41, 5.74) is 27.2. The van der Waals surface area contributed by atoms with Crippen molar-refractivity contribution in [2.45, 2.75) is 134 Å². The lowest BCUT2D eigenvalue weighted by Crippen LogP contribution is -2.60. The predicted molar refractivity (Wildman–Crippen MR) is 288 cm³/mol. The van der Waals surface area contributed by atoms with Gasteiger partial charge in [0.05, 0.1) is 6.04 Å². The van der Waals surface area contributed by atoms with Gasteiger partial charge in [0, 0.05) is 68.6 Å². The molecule has 1 aliphatic rings. The molecule has 3 aromatic rings. The van der Waals surface area contributed by atoms with Gasteiger partial charge in [-0.2, -0.15) is 0 Å². The quantitative estimate of drug-likeness (QED) is 0.0373. The van der Waals surface area contributed by atoms with Gasteiger partial charge >= 0.3 is 0 Å². The number of carbonyl (C=O) groups excluding carboxylic acids is 8. The number of guanidine groups is 2. The molecule has 0 aliphatic carbocycles. The Balaban J connectivity index is 1.78. The van der Waals surface area contributed by atoms with Crippen LogP contribution in [-0.2, 0) is 51.2 Å². The lowest BCUT2D eigenvalue weighted by Gasteiger charge is -2.28. The van der Waals surface area contributed by atoms with Crippen molar-refractivity contribution < 1.29 is 38.4 Å². The lowest BCUT2D eigenvalue weighted by atomic mass is 9.97. The van der Waals surface area contributed by atoms with Crippen LogP contribution in [0.4, 0.5) is 0 Å². The van der Waals surface area contributed by atoms with Crippen molar-refractivity contribution >= 4 is 70.1 Å². The third-order valence-electron chi connectivity index (χ3n) is 12.7. The van der Waals surface area contributed by atoms with Crippen LogP contribution in [0.2, 0.25) is 0 Å². The highest BCUT2D eigenvalue weighted by Crippen LogP contribution is 2.20. The van der Waals surface area contributed by atoms with Crippen LogP contribution in [0.25, 0.3) is 10.9 Å². The van der Waals surface area contributed by atoms with Crippen LogP contribution in [-0.4, -0.2) is 133 Å². The van der Waals surface area contributed by atoms with E-state index in [2.05, 4.69) is 64.7 Å². The summed E-state index contributed by atoms with van der Waals surface area (Å²) in [6.45, 7) is 9.15. The Kier molecular flexibility index (Phi) is 24.0. The van der Waals surface area contributed by atoms with Crippen LogP contribution in [0.3, 0.4) is 0 Å². The Labute approximate surface area is 442 Å². The molecule has 25 heteroatoms. The summed E-state index contributed by atoms with van der Waals surface area (Å²) in [5.74, 6) is -6.28. The average molecular weight is 1060 g/mol. The Bertz CT molecular complexity index is 2570. The molecule has 7 atom stereocenters. The molecule has 21 N–H and O–H groups in total. The van der Waals surface area contributed by atoms with Crippen LogP contribution in [0, 0.1) is 24.7 Å². The number of aryl methyl sites for hydroxylation is 2. The maximum Gasteiger partial charge on any atom is 0.243 e. The summed E-state index contributed by atoms with van der Waals surface area (Å²) in [4.78, 5) is 115. The van der Waals surface area contributed by atoms with E-state index in [0.29, 0.717) is 11.1 Å². The number of fused-ring (bicyclic) bond motifs is 1. The van der Waals surface area contributed by atoms with Gasteiger partial charge in [-0.1, -0.05) is 48.5 Å².